The summed E-state index contributed by atoms with van der Waals surface area (Å²) in [6.45, 7) is 4.67. The Morgan fingerprint density at radius 2 is 1.95 bits per heavy atom. The number of pyridine rings is 2. The first-order valence-corrected chi connectivity index (χ1v) is 12.4. The number of halogens is 1. The van der Waals surface area contributed by atoms with Gasteiger partial charge in [0, 0.05) is 48.4 Å². The maximum absolute atomic E-state index is 14.9. The molecule has 0 aliphatic heterocycles. The summed E-state index contributed by atoms with van der Waals surface area (Å²) in [5.41, 5.74) is 9.69. The average Bonchev–Trinajstić information content (AvgIpc) is 3.69. The molecule has 1 amide bonds. The normalized spacial score (nSPS) is 15.7. The van der Waals surface area contributed by atoms with Crippen molar-refractivity contribution in [2.45, 2.75) is 44.1 Å². The van der Waals surface area contributed by atoms with Gasteiger partial charge in [0.05, 0.1) is 28.0 Å². The molecule has 0 bridgehead atoms. The van der Waals surface area contributed by atoms with E-state index in [1.54, 1.807) is 18.5 Å². The zero-order valence-corrected chi connectivity index (χ0v) is 21.2. The minimum Gasteiger partial charge on any atom is -0.369 e. The second-order valence-corrected chi connectivity index (χ2v) is 9.90. The van der Waals surface area contributed by atoms with Crippen LogP contribution in [-0.2, 0) is 11.0 Å². The Balaban J connectivity index is 1.42. The lowest BCUT2D eigenvalue weighted by molar-refractivity contribution is 0.0964. The molecule has 1 aliphatic carbocycles. The predicted octanol–water partition coefficient (Wildman–Crippen LogP) is 4.31. The van der Waals surface area contributed by atoms with Crippen LogP contribution in [0.5, 0.6) is 0 Å². The highest BCUT2D eigenvalue weighted by Crippen LogP contribution is 2.41. The number of amides is 1. The van der Waals surface area contributed by atoms with E-state index in [2.05, 4.69) is 44.4 Å². The lowest BCUT2D eigenvalue weighted by Gasteiger charge is -2.30. The molecule has 1 unspecified atom stereocenters. The van der Waals surface area contributed by atoms with Gasteiger partial charge in [-0.25, -0.2) is 14.4 Å². The van der Waals surface area contributed by atoms with Crippen molar-refractivity contribution in [3.05, 3.63) is 77.8 Å². The van der Waals surface area contributed by atoms with Gasteiger partial charge < -0.3 is 16.4 Å². The molecule has 0 saturated heterocycles. The van der Waals surface area contributed by atoms with Gasteiger partial charge in [-0.15, -0.1) is 0 Å². The Kier molecular flexibility index (Phi) is 6.33. The standard InChI is InChI=1S/C28H30FN7O/c1-4-27(2,19-6-7-20(29)24-18(26(37)31-3)9-12-32-25(19)24)15-34-23-13-21(35-16-36-23)17-5-8-22(33-14-17)28(30)10-11-28/h5-9,12-14,16H,4,10-11,15,30H2,1-3H3,(H,31,37)(H,34,35,36). The number of aromatic nitrogens is 4. The number of nitrogens with two attached hydrogens (primary N) is 1. The van der Waals surface area contributed by atoms with Crippen molar-refractivity contribution in [2.75, 3.05) is 18.9 Å². The number of fused-ring (bicyclic) bond motifs is 1. The monoisotopic (exact) mass is 499 g/mol. The summed E-state index contributed by atoms with van der Waals surface area (Å²) in [5.74, 6) is -0.162. The lowest BCUT2D eigenvalue weighted by Crippen LogP contribution is -2.31. The first-order chi connectivity index (χ1) is 17.8. The van der Waals surface area contributed by atoms with Gasteiger partial charge in [0.2, 0.25) is 0 Å². The Morgan fingerprint density at radius 3 is 2.62 bits per heavy atom. The molecule has 190 valence electrons. The third kappa shape index (κ3) is 4.62. The van der Waals surface area contributed by atoms with Crippen molar-refractivity contribution >= 4 is 22.6 Å². The molecule has 1 saturated carbocycles. The molecule has 8 nitrogen and oxygen atoms in total. The molecule has 1 atom stereocenters. The summed E-state index contributed by atoms with van der Waals surface area (Å²) in [7, 11) is 1.53. The summed E-state index contributed by atoms with van der Waals surface area (Å²) in [6.07, 6.45) is 7.53. The molecule has 3 heterocycles. The van der Waals surface area contributed by atoms with E-state index in [1.807, 2.05) is 18.2 Å². The van der Waals surface area contributed by atoms with Crippen LogP contribution in [0.1, 0.15) is 54.7 Å². The first-order valence-electron chi connectivity index (χ1n) is 12.4. The van der Waals surface area contributed by atoms with E-state index in [9.17, 15) is 9.18 Å². The van der Waals surface area contributed by atoms with Crippen LogP contribution in [0.3, 0.4) is 0 Å². The summed E-state index contributed by atoms with van der Waals surface area (Å²) >= 11 is 0. The van der Waals surface area contributed by atoms with Crippen LogP contribution >= 0.6 is 0 Å². The molecule has 37 heavy (non-hydrogen) atoms. The van der Waals surface area contributed by atoms with Gasteiger partial charge in [-0.05, 0) is 49.1 Å². The van der Waals surface area contributed by atoms with Crippen LogP contribution in [0.15, 0.2) is 55.1 Å². The molecule has 3 aromatic heterocycles. The fraction of sp³-hybridized carbons (Fsp3) is 0.321. The quantitative estimate of drug-likeness (QED) is 0.330. The molecule has 9 heteroatoms. The third-order valence-electron chi connectivity index (χ3n) is 7.43. The van der Waals surface area contributed by atoms with Crippen molar-refractivity contribution in [3.63, 3.8) is 0 Å². The van der Waals surface area contributed by atoms with Crippen molar-refractivity contribution in [3.8, 4) is 11.3 Å². The van der Waals surface area contributed by atoms with Gasteiger partial charge in [-0.3, -0.25) is 14.8 Å². The van der Waals surface area contributed by atoms with Gasteiger partial charge in [0.25, 0.3) is 5.91 Å². The van der Waals surface area contributed by atoms with Gasteiger partial charge in [-0.1, -0.05) is 19.9 Å². The zero-order valence-electron chi connectivity index (χ0n) is 21.2. The van der Waals surface area contributed by atoms with Crippen molar-refractivity contribution in [1.82, 2.24) is 25.3 Å². The van der Waals surface area contributed by atoms with Crippen LogP contribution in [0.4, 0.5) is 10.2 Å². The third-order valence-corrected chi connectivity index (χ3v) is 7.43. The summed E-state index contributed by atoms with van der Waals surface area (Å²) < 4.78 is 14.9. The number of hydrogen-bond acceptors (Lipinski definition) is 7. The number of nitrogens with one attached hydrogen (secondary N) is 2. The largest absolute Gasteiger partial charge is 0.369 e. The molecular weight excluding hydrogens is 469 g/mol. The molecular formula is C28H30FN7O. The minimum atomic E-state index is -0.473. The summed E-state index contributed by atoms with van der Waals surface area (Å²) in [5, 5.41) is 6.23. The van der Waals surface area contributed by atoms with Crippen LogP contribution in [0, 0.1) is 5.82 Å². The fourth-order valence-corrected chi connectivity index (χ4v) is 4.58. The maximum Gasteiger partial charge on any atom is 0.251 e. The van der Waals surface area contributed by atoms with E-state index in [1.165, 1.54) is 25.5 Å². The number of rotatable bonds is 8. The number of carbonyl (C=O) groups is 1. The number of benzene rings is 1. The highest BCUT2D eigenvalue weighted by molar-refractivity contribution is 6.06. The van der Waals surface area contributed by atoms with Gasteiger partial charge in [0.15, 0.2) is 0 Å². The number of hydrogen-bond donors (Lipinski definition) is 3. The Bertz CT molecular complexity index is 1470. The predicted molar refractivity (Wildman–Crippen MR) is 142 cm³/mol. The molecule has 1 aromatic carbocycles. The van der Waals surface area contributed by atoms with Gasteiger partial charge in [0.1, 0.15) is 18.0 Å². The topological polar surface area (TPSA) is 119 Å². The molecule has 0 spiro atoms. The molecule has 4 N–H and O–H groups in total. The Morgan fingerprint density at radius 1 is 1.14 bits per heavy atom. The van der Waals surface area contributed by atoms with E-state index in [0.717, 1.165) is 41.8 Å². The first kappa shape index (κ1) is 24.7. The van der Waals surface area contributed by atoms with Crippen molar-refractivity contribution in [1.29, 1.82) is 0 Å². The van der Waals surface area contributed by atoms with Crippen LogP contribution in [-0.4, -0.2) is 39.4 Å². The average molecular weight is 500 g/mol. The van der Waals surface area contributed by atoms with Crippen LogP contribution < -0.4 is 16.4 Å². The maximum atomic E-state index is 14.9. The molecule has 4 aromatic rings. The van der Waals surface area contributed by atoms with E-state index < -0.39 is 11.2 Å². The number of carbonyl (C=O) groups excluding carboxylic acids is 1. The molecule has 1 fully saturated rings. The van der Waals surface area contributed by atoms with Crippen LogP contribution in [0.2, 0.25) is 0 Å². The molecule has 1 aliphatic rings. The van der Waals surface area contributed by atoms with Gasteiger partial charge >= 0.3 is 0 Å². The van der Waals surface area contributed by atoms with E-state index in [4.69, 9.17) is 5.73 Å². The lowest BCUT2D eigenvalue weighted by atomic mass is 9.78. The Labute approximate surface area is 215 Å². The highest BCUT2D eigenvalue weighted by Gasteiger charge is 2.41. The van der Waals surface area contributed by atoms with E-state index in [0.29, 0.717) is 17.9 Å². The Hall–Kier alpha value is -3.98. The number of nitrogens with zero attached hydrogens (tertiary/aromatic N) is 4. The molecule has 0 radical (unpaired) electrons. The smallest absolute Gasteiger partial charge is 0.251 e. The van der Waals surface area contributed by atoms with Gasteiger partial charge in [-0.2, -0.15) is 0 Å². The number of anilines is 1. The second kappa shape index (κ2) is 9.48. The van der Waals surface area contributed by atoms with E-state index in [-0.39, 0.29) is 22.4 Å². The minimum absolute atomic E-state index is 0.227. The second-order valence-electron chi connectivity index (χ2n) is 9.90. The summed E-state index contributed by atoms with van der Waals surface area (Å²) in [6, 6.07) is 10.5. The fourth-order valence-electron chi connectivity index (χ4n) is 4.58. The zero-order chi connectivity index (χ0) is 26.2. The van der Waals surface area contributed by atoms with Crippen molar-refractivity contribution < 1.29 is 9.18 Å². The highest BCUT2D eigenvalue weighted by atomic mass is 19.1. The summed E-state index contributed by atoms with van der Waals surface area (Å²) in [4.78, 5) is 30.2. The SMILES string of the molecule is CCC(C)(CNc1cc(-c2ccc(C3(N)CC3)nc2)ncn1)c1ccc(F)c2c(C(=O)NC)ccnc12. The molecule has 5 rings (SSSR count). The van der Waals surface area contributed by atoms with Crippen LogP contribution in [0.25, 0.3) is 22.2 Å². The van der Waals surface area contributed by atoms with E-state index >= 15 is 0 Å². The van der Waals surface area contributed by atoms with Crippen molar-refractivity contribution in [2.24, 2.45) is 5.73 Å².